The minimum atomic E-state index is -3.35. The van der Waals surface area contributed by atoms with Gasteiger partial charge in [-0.05, 0) is 17.7 Å². The second-order valence-electron chi connectivity index (χ2n) is 4.28. The smallest absolute Gasteiger partial charge is 0.341 e. The number of amides is 1. The molecule has 0 aliphatic carbocycles. The summed E-state index contributed by atoms with van der Waals surface area (Å²) in [6, 6.07) is 6.54. The normalized spacial score (nSPS) is 10.9. The molecule has 21 heavy (non-hydrogen) atoms. The fraction of sp³-hybridized carbons (Fsp3) is 0.385. The van der Waals surface area contributed by atoms with Gasteiger partial charge in [0.1, 0.15) is 11.5 Å². The molecule has 0 aliphatic heterocycles. The minimum absolute atomic E-state index is 0.0844. The summed E-state index contributed by atoms with van der Waals surface area (Å²) in [6.07, 6.45) is 0. The van der Waals surface area contributed by atoms with Crippen LogP contribution in [0, 0.1) is 0 Å². The second kappa shape index (κ2) is 7.63. The van der Waals surface area contributed by atoms with E-state index in [1.54, 1.807) is 24.3 Å². The topological polar surface area (TPSA) is 110 Å². The number of hydrogen-bond donors (Lipinski definition) is 2. The predicted molar refractivity (Wildman–Crippen MR) is 75.7 cm³/mol. The highest BCUT2D eigenvalue weighted by Crippen LogP contribution is 2.13. The van der Waals surface area contributed by atoms with Gasteiger partial charge in [-0.25, -0.2) is 13.2 Å². The molecule has 0 aromatic heterocycles. The van der Waals surface area contributed by atoms with Crippen molar-refractivity contribution in [1.82, 2.24) is 5.32 Å². The van der Waals surface area contributed by atoms with E-state index in [9.17, 15) is 18.0 Å². The van der Waals surface area contributed by atoms with Gasteiger partial charge >= 0.3 is 5.97 Å². The lowest BCUT2D eigenvalue weighted by Crippen LogP contribution is -2.30. The lowest BCUT2D eigenvalue weighted by molar-refractivity contribution is -0.139. The zero-order valence-electron chi connectivity index (χ0n) is 11.5. The monoisotopic (exact) mass is 315 g/mol. The Bertz CT molecular complexity index is 611. The number of carbonyl (C=O) groups excluding carboxylic acids is 1. The zero-order valence-corrected chi connectivity index (χ0v) is 12.4. The molecule has 0 saturated carbocycles. The molecule has 2 N–H and O–H groups in total. The number of carbonyl (C=O) groups is 2. The summed E-state index contributed by atoms with van der Waals surface area (Å²) in [4.78, 5) is 21.9. The number of rotatable bonds is 8. The highest BCUT2D eigenvalue weighted by atomic mass is 32.2. The summed E-state index contributed by atoms with van der Waals surface area (Å²) in [5.74, 6) is -1.92. The molecular weight excluding hydrogens is 298 g/mol. The summed E-state index contributed by atoms with van der Waals surface area (Å²) < 4.78 is 27.6. The van der Waals surface area contributed by atoms with E-state index in [0.717, 1.165) is 0 Å². The van der Waals surface area contributed by atoms with Gasteiger partial charge in [0.05, 0.1) is 0 Å². The van der Waals surface area contributed by atoms with E-state index in [2.05, 4.69) is 5.32 Å². The van der Waals surface area contributed by atoms with Crippen LogP contribution < -0.4 is 10.1 Å². The number of aliphatic carboxylic acids is 1. The Balaban J connectivity index is 2.54. The summed E-state index contributed by atoms with van der Waals surface area (Å²) >= 11 is 0. The molecule has 0 bridgehead atoms. The van der Waals surface area contributed by atoms with Crippen molar-refractivity contribution in [3.8, 4) is 5.75 Å². The Hall–Kier alpha value is -2.09. The van der Waals surface area contributed by atoms with Gasteiger partial charge in [0.15, 0.2) is 16.4 Å². The van der Waals surface area contributed by atoms with Crippen LogP contribution in [0.4, 0.5) is 0 Å². The van der Waals surface area contributed by atoms with Crippen molar-refractivity contribution in [3.63, 3.8) is 0 Å². The first-order chi connectivity index (χ1) is 9.82. The quantitative estimate of drug-likeness (QED) is 0.709. The number of nitrogens with one attached hydrogen (secondary N) is 1. The van der Waals surface area contributed by atoms with Crippen LogP contribution in [0.15, 0.2) is 24.3 Å². The lowest BCUT2D eigenvalue weighted by Gasteiger charge is -2.08. The van der Waals surface area contributed by atoms with Crippen LogP contribution in [0.2, 0.25) is 0 Å². The molecule has 0 aliphatic rings. The molecule has 0 heterocycles. The predicted octanol–water partition coefficient (Wildman–Crippen LogP) is 0.201. The fourth-order valence-corrected chi connectivity index (χ4v) is 2.15. The molecule has 8 heteroatoms. The van der Waals surface area contributed by atoms with Crippen LogP contribution in [0.25, 0.3) is 0 Å². The summed E-state index contributed by atoms with van der Waals surface area (Å²) in [6.45, 7) is 1.17. The molecule has 0 fully saturated rings. The molecule has 0 spiro atoms. The Kier molecular flexibility index (Phi) is 6.16. The molecule has 1 aromatic carbocycles. The lowest BCUT2D eigenvalue weighted by atomic mass is 10.2. The molecule has 1 amide bonds. The van der Waals surface area contributed by atoms with Gasteiger partial charge in [-0.1, -0.05) is 19.1 Å². The molecule has 116 valence electrons. The van der Waals surface area contributed by atoms with Gasteiger partial charge < -0.3 is 15.2 Å². The highest BCUT2D eigenvalue weighted by molar-refractivity contribution is 7.92. The van der Waals surface area contributed by atoms with Gasteiger partial charge in [0.2, 0.25) is 5.91 Å². The molecule has 1 aromatic rings. The number of carboxylic acid groups (broad SMARTS) is 1. The van der Waals surface area contributed by atoms with Crippen molar-refractivity contribution in [2.24, 2.45) is 0 Å². The number of sulfone groups is 1. The van der Waals surface area contributed by atoms with E-state index < -0.39 is 34.1 Å². The Morgan fingerprint density at radius 3 is 2.67 bits per heavy atom. The number of benzene rings is 1. The van der Waals surface area contributed by atoms with Crippen molar-refractivity contribution in [1.29, 1.82) is 0 Å². The van der Waals surface area contributed by atoms with Gasteiger partial charge in [0, 0.05) is 12.3 Å². The highest BCUT2D eigenvalue weighted by Gasteiger charge is 2.13. The first-order valence-electron chi connectivity index (χ1n) is 6.23. The summed E-state index contributed by atoms with van der Waals surface area (Å²) in [5.41, 5.74) is 0.681. The summed E-state index contributed by atoms with van der Waals surface area (Å²) in [7, 11) is -3.35. The molecule has 0 radical (unpaired) electrons. The van der Waals surface area contributed by atoms with E-state index in [1.165, 1.54) is 6.92 Å². The van der Waals surface area contributed by atoms with Gasteiger partial charge in [-0.3, -0.25) is 4.79 Å². The van der Waals surface area contributed by atoms with Crippen LogP contribution in [-0.2, 0) is 26.0 Å². The fourth-order valence-electron chi connectivity index (χ4n) is 1.44. The second-order valence-corrected chi connectivity index (χ2v) is 6.64. The third kappa shape index (κ3) is 6.75. The van der Waals surface area contributed by atoms with E-state index in [4.69, 9.17) is 9.84 Å². The number of hydrogen-bond acceptors (Lipinski definition) is 5. The maximum atomic E-state index is 11.5. The van der Waals surface area contributed by atoms with Crippen LogP contribution in [0.5, 0.6) is 5.75 Å². The van der Waals surface area contributed by atoms with Gasteiger partial charge in [-0.2, -0.15) is 0 Å². The molecule has 7 nitrogen and oxygen atoms in total. The average molecular weight is 315 g/mol. The van der Waals surface area contributed by atoms with Crippen molar-refractivity contribution in [2.75, 3.05) is 18.1 Å². The van der Waals surface area contributed by atoms with Crippen molar-refractivity contribution < 1.29 is 27.9 Å². The molecular formula is C13H17NO6S. The minimum Gasteiger partial charge on any atom is -0.482 e. The van der Waals surface area contributed by atoms with E-state index >= 15 is 0 Å². The Morgan fingerprint density at radius 2 is 2.05 bits per heavy atom. The van der Waals surface area contributed by atoms with Gasteiger partial charge in [0.25, 0.3) is 0 Å². The van der Waals surface area contributed by atoms with E-state index in [1.807, 2.05) is 0 Å². The van der Waals surface area contributed by atoms with Crippen LogP contribution in [0.1, 0.15) is 12.5 Å². The zero-order chi connectivity index (χ0) is 15.9. The third-order valence-electron chi connectivity index (χ3n) is 2.54. The van der Waals surface area contributed by atoms with Crippen LogP contribution in [0.3, 0.4) is 0 Å². The van der Waals surface area contributed by atoms with Crippen molar-refractivity contribution in [3.05, 3.63) is 29.8 Å². The third-order valence-corrected chi connectivity index (χ3v) is 4.12. The SMILES string of the molecule is CCS(=O)(=O)CC(=O)NCc1cccc(OCC(=O)O)c1. The van der Waals surface area contributed by atoms with Crippen molar-refractivity contribution in [2.45, 2.75) is 13.5 Å². The standard InChI is InChI=1S/C13H17NO6S/c1-2-21(18,19)9-12(15)14-7-10-4-3-5-11(6-10)20-8-13(16)17/h3-6H,2,7-9H2,1H3,(H,14,15)(H,16,17). The summed E-state index contributed by atoms with van der Waals surface area (Å²) in [5, 5.41) is 11.0. The maximum Gasteiger partial charge on any atom is 0.341 e. The first kappa shape index (κ1) is 17.0. The van der Waals surface area contributed by atoms with E-state index in [0.29, 0.717) is 11.3 Å². The molecule has 1 rings (SSSR count). The Labute approximate surface area is 122 Å². The van der Waals surface area contributed by atoms with E-state index in [-0.39, 0.29) is 12.3 Å². The molecule has 0 atom stereocenters. The largest absolute Gasteiger partial charge is 0.482 e. The number of ether oxygens (including phenoxy) is 1. The average Bonchev–Trinajstić information content (AvgIpc) is 2.43. The molecule has 0 unspecified atom stereocenters. The number of carboxylic acids is 1. The van der Waals surface area contributed by atoms with Crippen molar-refractivity contribution >= 4 is 21.7 Å². The van der Waals surface area contributed by atoms with Crippen LogP contribution in [-0.4, -0.2) is 43.5 Å². The first-order valence-corrected chi connectivity index (χ1v) is 8.05. The molecule has 0 saturated heterocycles. The maximum absolute atomic E-state index is 11.5. The van der Waals surface area contributed by atoms with Crippen LogP contribution >= 0.6 is 0 Å². The Morgan fingerprint density at radius 1 is 1.33 bits per heavy atom. The van der Waals surface area contributed by atoms with Gasteiger partial charge in [-0.15, -0.1) is 0 Å².